The van der Waals surface area contributed by atoms with Crippen molar-refractivity contribution in [2.75, 3.05) is 13.7 Å². The largest absolute Gasteiger partial charge is 0.490 e. The lowest BCUT2D eigenvalue weighted by molar-refractivity contribution is -0.385. The number of pyridine rings is 1. The minimum atomic E-state index is -0.642. The summed E-state index contributed by atoms with van der Waals surface area (Å²) < 4.78 is 17.2. The van der Waals surface area contributed by atoms with E-state index in [1.165, 1.54) is 25.3 Å². The van der Waals surface area contributed by atoms with E-state index in [2.05, 4.69) is 6.07 Å². The number of nitro benzene ring substituents is 1. The smallest absolute Gasteiger partial charge is 0.344 e. The van der Waals surface area contributed by atoms with Crippen molar-refractivity contribution >= 4 is 17.2 Å². The molecule has 0 aliphatic carbocycles. The minimum absolute atomic E-state index is 0.0232. The quantitative estimate of drug-likeness (QED) is 0.351. The van der Waals surface area contributed by atoms with Gasteiger partial charge in [0.15, 0.2) is 6.61 Å². The Morgan fingerprint density at radius 2 is 2.14 bits per heavy atom. The highest BCUT2D eigenvalue weighted by atomic mass is 16.6. The standard InChI is InChI=1S/C19H15N3O6/c1-26-18-8-14(5-6-17(18)22(24)25)27-12-19(23)28-11-13-10-21-7-3-2-4-16(21)15(13)9-20/h2-8,10H,11-12H2,1H3. The van der Waals surface area contributed by atoms with Crippen molar-refractivity contribution < 1.29 is 23.9 Å². The molecule has 0 saturated carbocycles. The number of nitriles is 1. The summed E-state index contributed by atoms with van der Waals surface area (Å²) in [7, 11) is 1.30. The lowest BCUT2D eigenvalue weighted by Gasteiger charge is -2.08. The molecule has 3 rings (SSSR count). The number of benzene rings is 1. The summed E-state index contributed by atoms with van der Waals surface area (Å²) in [6.07, 6.45) is 3.52. The third-order valence-electron chi connectivity index (χ3n) is 3.97. The van der Waals surface area contributed by atoms with Crippen LogP contribution in [0.5, 0.6) is 11.5 Å². The maximum atomic E-state index is 12.0. The number of fused-ring (bicyclic) bond motifs is 1. The molecule has 0 spiro atoms. The van der Waals surface area contributed by atoms with Crippen molar-refractivity contribution in [2.45, 2.75) is 6.61 Å². The summed E-state index contributed by atoms with van der Waals surface area (Å²) >= 11 is 0. The molecule has 142 valence electrons. The number of esters is 1. The van der Waals surface area contributed by atoms with Gasteiger partial charge >= 0.3 is 11.7 Å². The molecular formula is C19H15N3O6. The van der Waals surface area contributed by atoms with Crippen molar-refractivity contribution in [3.05, 3.63) is 70.0 Å². The van der Waals surface area contributed by atoms with Gasteiger partial charge in [0, 0.05) is 30.1 Å². The number of nitrogens with zero attached hydrogens (tertiary/aromatic N) is 3. The van der Waals surface area contributed by atoms with Gasteiger partial charge in [-0.15, -0.1) is 0 Å². The molecule has 0 aliphatic heterocycles. The van der Waals surface area contributed by atoms with E-state index >= 15 is 0 Å². The van der Waals surface area contributed by atoms with Crippen molar-refractivity contribution in [3.8, 4) is 17.6 Å². The van der Waals surface area contributed by atoms with Crippen LogP contribution in [-0.4, -0.2) is 29.0 Å². The van der Waals surface area contributed by atoms with E-state index in [0.29, 0.717) is 11.1 Å². The van der Waals surface area contributed by atoms with Crippen LogP contribution in [0.15, 0.2) is 48.8 Å². The third-order valence-corrected chi connectivity index (χ3v) is 3.97. The predicted molar refractivity (Wildman–Crippen MR) is 97.1 cm³/mol. The molecule has 0 unspecified atom stereocenters. The fraction of sp³-hybridized carbons (Fsp3) is 0.158. The molecule has 3 aromatic rings. The average molecular weight is 381 g/mol. The zero-order chi connectivity index (χ0) is 20.1. The summed E-state index contributed by atoms with van der Waals surface area (Å²) in [5, 5.41) is 20.2. The summed E-state index contributed by atoms with van der Waals surface area (Å²) in [5.74, 6) is -0.391. The van der Waals surface area contributed by atoms with Crippen molar-refractivity contribution in [3.63, 3.8) is 0 Å². The first-order chi connectivity index (χ1) is 13.5. The Labute approximate surface area is 159 Å². The second-order valence-electron chi connectivity index (χ2n) is 5.67. The number of nitro groups is 1. The van der Waals surface area contributed by atoms with Crippen molar-refractivity contribution in [1.82, 2.24) is 4.40 Å². The molecule has 1 aromatic carbocycles. The monoisotopic (exact) mass is 381 g/mol. The van der Waals surface area contributed by atoms with Gasteiger partial charge in [-0.3, -0.25) is 10.1 Å². The Hall–Kier alpha value is -4.06. The van der Waals surface area contributed by atoms with E-state index < -0.39 is 17.5 Å². The van der Waals surface area contributed by atoms with Gasteiger partial charge in [0.1, 0.15) is 18.4 Å². The van der Waals surface area contributed by atoms with Gasteiger partial charge in [0.25, 0.3) is 0 Å². The number of hydrogen-bond acceptors (Lipinski definition) is 7. The van der Waals surface area contributed by atoms with Crippen LogP contribution in [0.4, 0.5) is 5.69 Å². The van der Waals surface area contributed by atoms with Gasteiger partial charge < -0.3 is 18.6 Å². The van der Waals surface area contributed by atoms with Crippen LogP contribution >= 0.6 is 0 Å². The second-order valence-corrected chi connectivity index (χ2v) is 5.67. The lowest BCUT2D eigenvalue weighted by Crippen LogP contribution is -2.15. The zero-order valence-corrected chi connectivity index (χ0v) is 14.8. The first kappa shape index (κ1) is 18.7. The first-order valence-corrected chi connectivity index (χ1v) is 8.13. The number of carbonyl (C=O) groups excluding carboxylic acids is 1. The molecule has 0 radical (unpaired) electrons. The number of carbonyl (C=O) groups is 1. The number of methoxy groups -OCH3 is 1. The van der Waals surface area contributed by atoms with Gasteiger partial charge in [-0.2, -0.15) is 5.26 Å². The SMILES string of the molecule is COc1cc(OCC(=O)OCc2cn3ccccc3c2C#N)ccc1[N+](=O)[O-]. The Kier molecular flexibility index (Phi) is 5.41. The van der Waals surface area contributed by atoms with Crippen LogP contribution in [0.2, 0.25) is 0 Å². The highest BCUT2D eigenvalue weighted by Crippen LogP contribution is 2.30. The number of aromatic nitrogens is 1. The Morgan fingerprint density at radius 1 is 1.32 bits per heavy atom. The Balaban J connectivity index is 1.61. The molecule has 2 aromatic heterocycles. The number of rotatable bonds is 7. The molecule has 2 heterocycles. The first-order valence-electron chi connectivity index (χ1n) is 8.13. The second kappa shape index (κ2) is 8.09. The summed E-state index contributed by atoms with van der Waals surface area (Å²) in [5.41, 5.74) is 1.54. The van der Waals surface area contributed by atoms with Gasteiger partial charge in [-0.25, -0.2) is 4.79 Å². The van der Waals surface area contributed by atoms with Crippen LogP contribution in [0.25, 0.3) is 5.52 Å². The highest BCUT2D eigenvalue weighted by molar-refractivity contribution is 5.72. The predicted octanol–water partition coefficient (Wildman–Crippen LogP) is 2.85. The van der Waals surface area contributed by atoms with E-state index in [1.54, 1.807) is 22.9 Å². The number of ether oxygens (including phenoxy) is 3. The van der Waals surface area contributed by atoms with Gasteiger partial charge in [-0.1, -0.05) is 6.07 Å². The minimum Gasteiger partial charge on any atom is -0.490 e. The normalized spacial score (nSPS) is 10.3. The van der Waals surface area contributed by atoms with Gasteiger partial charge in [0.05, 0.1) is 23.1 Å². The van der Waals surface area contributed by atoms with Crippen LogP contribution < -0.4 is 9.47 Å². The summed E-state index contributed by atoms with van der Waals surface area (Å²) in [6.45, 7) is -0.466. The molecule has 0 bridgehead atoms. The van der Waals surface area contributed by atoms with Crippen LogP contribution in [0.3, 0.4) is 0 Å². The van der Waals surface area contributed by atoms with Crippen molar-refractivity contribution in [1.29, 1.82) is 5.26 Å². The fourth-order valence-corrected chi connectivity index (χ4v) is 2.66. The molecule has 9 nitrogen and oxygen atoms in total. The maximum Gasteiger partial charge on any atom is 0.344 e. The summed E-state index contributed by atoms with van der Waals surface area (Å²) in [4.78, 5) is 22.3. The molecular weight excluding hydrogens is 366 g/mol. The van der Waals surface area contributed by atoms with Crippen LogP contribution in [0, 0.1) is 21.4 Å². The van der Waals surface area contributed by atoms with Crippen LogP contribution in [-0.2, 0) is 16.1 Å². The highest BCUT2D eigenvalue weighted by Gasteiger charge is 2.16. The molecule has 9 heteroatoms. The van der Waals surface area contributed by atoms with Gasteiger partial charge in [-0.05, 0) is 18.2 Å². The number of hydrogen-bond donors (Lipinski definition) is 0. The average Bonchev–Trinajstić information content (AvgIpc) is 3.07. The van der Waals surface area contributed by atoms with E-state index in [-0.39, 0.29) is 23.8 Å². The zero-order valence-electron chi connectivity index (χ0n) is 14.8. The lowest BCUT2D eigenvalue weighted by atomic mass is 10.2. The topological polar surface area (TPSA) is 116 Å². The van der Waals surface area contributed by atoms with Crippen LogP contribution in [0.1, 0.15) is 11.1 Å². The molecule has 0 fully saturated rings. The maximum absolute atomic E-state index is 12.0. The Morgan fingerprint density at radius 3 is 2.86 bits per heavy atom. The van der Waals surface area contributed by atoms with Gasteiger partial charge in [0.2, 0.25) is 5.75 Å². The molecule has 28 heavy (non-hydrogen) atoms. The molecule has 0 saturated heterocycles. The molecule has 0 amide bonds. The molecule has 0 atom stereocenters. The van der Waals surface area contributed by atoms with Crippen molar-refractivity contribution in [2.24, 2.45) is 0 Å². The Bertz CT molecular complexity index is 1080. The van der Waals surface area contributed by atoms with E-state index in [1.807, 2.05) is 12.1 Å². The van der Waals surface area contributed by atoms with E-state index in [9.17, 15) is 20.2 Å². The molecule has 0 aliphatic rings. The summed E-state index contributed by atoms with van der Waals surface area (Å²) in [6, 6.07) is 11.5. The third kappa shape index (κ3) is 3.86. The van der Waals surface area contributed by atoms with E-state index in [4.69, 9.17) is 14.2 Å². The molecule has 0 N–H and O–H groups in total. The van der Waals surface area contributed by atoms with E-state index in [0.717, 1.165) is 5.52 Å². The fourth-order valence-electron chi connectivity index (χ4n) is 2.66.